The van der Waals surface area contributed by atoms with Crippen molar-refractivity contribution < 1.29 is 14.3 Å². The highest BCUT2D eigenvalue weighted by Gasteiger charge is 2.22. The average Bonchev–Trinajstić information content (AvgIpc) is 2.93. The van der Waals surface area contributed by atoms with Gasteiger partial charge in [0.15, 0.2) is 10.9 Å². The quantitative estimate of drug-likeness (QED) is 0.594. The van der Waals surface area contributed by atoms with Crippen molar-refractivity contribution in [2.45, 2.75) is 20.5 Å². The van der Waals surface area contributed by atoms with Crippen LogP contribution in [-0.4, -0.2) is 23.4 Å². The number of hydrogen-bond donors (Lipinski definition) is 0. The van der Waals surface area contributed by atoms with Gasteiger partial charge in [-0.25, -0.2) is 14.7 Å². The van der Waals surface area contributed by atoms with Crippen LogP contribution in [0.5, 0.6) is 0 Å². The van der Waals surface area contributed by atoms with Gasteiger partial charge in [0.2, 0.25) is 0 Å². The maximum Gasteiger partial charge on any atom is 0.416 e. The number of Topliss-reactive ketones (excluding diaryl/α,β-unsaturated/α-hetero) is 1. The number of rotatable bonds is 6. The molecule has 2 rings (SSSR count). The summed E-state index contributed by atoms with van der Waals surface area (Å²) in [6, 6.07) is 9.43. The zero-order valence-electron chi connectivity index (χ0n) is 13.1. The Kier molecular flexibility index (Phi) is 5.65. The van der Waals surface area contributed by atoms with Crippen molar-refractivity contribution >= 4 is 28.3 Å². The number of aryl methyl sites for hydroxylation is 1. The van der Waals surface area contributed by atoms with Crippen LogP contribution in [0.2, 0.25) is 0 Å². The van der Waals surface area contributed by atoms with E-state index in [1.807, 2.05) is 30.3 Å². The second-order valence-corrected chi connectivity index (χ2v) is 5.88. The van der Waals surface area contributed by atoms with E-state index in [4.69, 9.17) is 4.74 Å². The molecule has 0 fully saturated rings. The summed E-state index contributed by atoms with van der Waals surface area (Å²) in [6.45, 7) is 7.32. The van der Waals surface area contributed by atoms with E-state index in [0.717, 1.165) is 5.56 Å². The second kappa shape index (κ2) is 7.69. The Bertz CT molecular complexity index is 710. The first-order valence-corrected chi connectivity index (χ1v) is 7.92. The molecule has 0 saturated carbocycles. The first-order chi connectivity index (χ1) is 11.0. The van der Waals surface area contributed by atoms with Crippen LogP contribution < -0.4 is 4.90 Å². The molecule has 0 spiro atoms. The third-order valence-electron chi connectivity index (χ3n) is 3.07. The monoisotopic (exact) mass is 330 g/mol. The van der Waals surface area contributed by atoms with E-state index in [0.29, 0.717) is 15.7 Å². The fourth-order valence-electron chi connectivity index (χ4n) is 1.98. The van der Waals surface area contributed by atoms with Crippen molar-refractivity contribution in [3.8, 4) is 0 Å². The van der Waals surface area contributed by atoms with Gasteiger partial charge in [0, 0.05) is 13.5 Å². The van der Waals surface area contributed by atoms with Gasteiger partial charge < -0.3 is 4.74 Å². The fraction of sp³-hybridized carbons (Fsp3) is 0.235. The van der Waals surface area contributed by atoms with Gasteiger partial charge in [0.25, 0.3) is 0 Å². The lowest BCUT2D eigenvalue weighted by Crippen LogP contribution is -2.31. The van der Waals surface area contributed by atoms with Crippen LogP contribution in [-0.2, 0) is 11.3 Å². The molecular weight excluding hydrogens is 312 g/mol. The standard InChI is InChI=1S/C17H18N2O3S/c1-4-10-19(16-18-12(2)15(23-16)13(3)20)17(21)22-11-14-8-6-5-7-9-14/h4-9H,1,10-11H2,2-3H3. The summed E-state index contributed by atoms with van der Waals surface area (Å²) < 4.78 is 5.33. The Labute approximate surface area is 139 Å². The molecule has 1 heterocycles. The number of anilines is 1. The normalized spacial score (nSPS) is 10.2. The first kappa shape index (κ1) is 16.9. The highest BCUT2D eigenvalue weighted by molar-refractivity contribution is 7.17. The van der Waals surface area contributed by atoms with Gasteiger partial charge in [0.05, 0.1) is 10.6 Å². The Morgan fingerprint density at radius 3 is 2.61 bits per heavy atom. The maximum absolute atomic E-state index is 12.3. The second-order valence-electron chi connectivity index (χ2n) is 4.91. The van der Waals surface area contributed by atoms with Gasteiger partial charge in [-0.15, -0.1) is 6.58 Å². The van der Waals surface area contributed by atoms with E-state index >= 15 is 0 Å². The minimum atomic E-state index is -0.516. The molecular formula is C17H18N2O3S. The molecule has 23 heavy (non-hydrogen) atoms. The molecule has 1 aromatic carbocycles. The van der Waals surface area contributed by atoms with Crippen molar-refractivity contribution in [3.05, 3.63) is 59.1 Å². The number of carbonyl (C=O) groups excluding carboxylic acids is 2. The summed E-state index contributed by atoms with van der Waals surface area (Å²) in [4.78, 5) is 30.1. The molecule has 0 radical (unpaired) electrons. The van der Waals surface area contributed by atoms with E-state index in [2.05, 4.69) is 11.6 Å². The van der Waals surface area contributed by atoms with Gasteiger partial charge in [-0.1, -0.05) is 47.7 Å². The minimum absolute atomic E-state index is 0.0672. The van der Waals surface area contributed by atoms with E-state index < -0.39 is 6.09 Å². The Morgan fingerprint density at radius 1 is 1.35 bits per heavy atom. The summed E-state index contributed by atoms with van der Waals surface area (Å²) in [5.74, 6) is -0.0672. The zero-order valence-corrected chi connectivity index (χ0v) is 13.9. The van der Waals surface area contributed by atoms with Crippen molar-refractivity contribution in [1.29, 1.82) is 0 Å². The third kappa shape index (κ3) is 4.26. The van der Waals surface area contributed by atoms with Gasteiger partial charge >= 0.3 is 6.09 Å². The molecule has 0 N–H and O–H groups in total. The number of ketones is 1. The lowest BCUT2D eigenvalue weighted by Gasteiger charge is -2.17. The Balaban J connectivity index is 2.14. The van der Waals surface area contributed by atoms with Crippen molar-refractivity contribution in [2.75, 3.05) is 11.4 Å². The molecule has 0 atom stereocenters. The molecule has 6 heteroatoms. The predicted octanol–water partition coefficient (Wildman–Crippen LogP) is 3.98. The number of amides is 1. The maximum atomic E-state index is 12.3. The van der Waals surface area contributed by atoms with E-state index in [9.17, 15) is 9.59 Å². The Hall–Kier alpha value is -2.47. The lowest BCUT2D eigenvalue weighted by molar-refractivity contribution is 0.102. The van der Waals surface area contributed by atoms with Crippen molar-refractivity contribution in [3.63, 3.8) is 0 Å². The summed E-state index contributed by atoms with van der Waals surface area (Å²) >= 11 is 1.18. The molecule has 2 aromatic rings. The summed E-state index contributed by atoms with van der Waals surface area (Å²) in [5, 5.41) is 0.436. The van der Waals surface area contributed by atoms with Crippen LogP contribution in [0, 0.1) is 6.92 Å². The molecule has 0 saturated heterocycles. The van der Waals surface area contributed by atoms with Crippen LogP contribution in [0.15, 0.2) is 43.0 Å². The molecule has 0 aliphatic heterocycles. The summed E-state index contributed by atoms with van der Waals surface area (Å²) in [5.41, 5.74) is 1.52. The number of aromatic nitrogens is 1. The predicted molar refractivity (Wildman–Crippen MR) is 91.0 cm³/mol. The van der Waals surface area contributed by atoms with E-state index in [-0.39, 0.29) is 18.9 Å². The number of ether oxygens (including phenoxy) is 1. The number of nitrogens with zero attached hydrogens (tertiary/aromatic N) is 2. The van der Waals surface area contributed by atoms with Gasteiger partial charge in [-0.2, -0.15) is 0 Å². The number of benzene rings is 1. The lowest BCUT2D eigenvalue weighted by atomic mass is 10.2. The van der Waals surface area contributed by atoms with Crippen LogP contribution >= 0.6 is 11.3 Å². The SMILES string of the molecule is C=CCN(C(=O)OCc1ccccc1)c1nc(C)c(C(C)=O)s1. The Morgan fingerprint density at radius 2 is 2.04 bits per heavy atom. The number of carbonyl (C=O) groups is 2. The third-order valence-corrected chi connectivity index (χ3v) is 4.35. The average molecular weight is 330 g/mol. The zero-order chi connectivity index (χ0) is 16.8. The summed E-state index contributed by atoms with van der Waals surface area (Å²) in [7, 11) is 0. The van der Waals surface area contributed by atoms with Crippen LogP contribution in [0.3, 0.4) is 0 Å². The molecule has 0 aliphatic carbocycles. The van der Waals surface area contributed by atoms with Gasteiger partial charge in [0.1, 0.15) is 6.61 Å². The van der Waals surface area contributed by atoms with Crippen molar-refractivity contribution in [2.24, 2.45) is 0 Å². The summed E-state index contributed by atoms with van der Waals surface area (Å²) in [6.07, 6.45) is 1.08. The highest BCUT2D eigenvalue weighted by Crippen LogP contribution is 2.27. The van der Waals surface area contributed by atoms with Gasteiger partial charge in [-0.05, 0) is 12.5 Å². The van der Waals surface area contributed by atoms with E-state index in [1.165, 1.54) is 23.2 Å². The largest absolute Gasteiger partial charge is 0.444 e. The molecule has 0 unspecified atom stereocenters. The molecule has 5 nitrogen and oxygen atoms in total. The van der Waals surface area contributed by atoms with Gasteiger partial charge in [-0.3, -0.25) is 4.79 Å². The van der Waals surface area contributed by atoms with Crippen LogP contribution in [0.1, 0.15) is 27.9 Å². The molecule has 1 aromatic heterocycles. The topological polar surface area (TPSA) is 59.5 Å². The number of hydrogen-bond acceptors (Lipinski definition) is 5. The highest BCUT2D eigenvalue weighted by atomic mass is 32.1. The molecule has 0 bridgehead atoms. The minimum Gasteiger partial charge on any atom is -0.444 e. The first-order valence-electron chi connectivity index (χ1n) is 7.10. The number of thiazole rings is 1. The van der Waals surface area contributed by atoms with Crippen molar-refractivity contribution in [1.82, 2.24) is 4.98 Å². The van der Waals surface area contributed by atoms with Crippen LogP contribution in [0.25, 0.3) is 0 Å². The molecule has 120 valence electrons. The van der Waals surface area contributed by atoms with Crippen LogP contribution in [0.4, 0.5) is 9.93 Å². The molecule has 1 amide bonds. The smallest absolute Gasteiger partial charge is 0.416 e. The van der Waals surface area contributed by atoms with E-state index in [1.54, 1.807) is 13.0 Å². The molecule has 0 aliphatic rings. The fourth-order valence-corrected chi connectivity index (χ4v) is 2.94.